The molecular weight excluding hydrogens is 228 g/mol. The molecule has 0 aromatic heterocycles. The minimum Gasteiger partial charge on any atom is -0.368 e. The topological polar surface area (TPSA) is 72.2 Å². The second-order valence-electron chi connectivity index (χ2n) is 5.02. The van der Waals surface area contributed by atoms with Gasteiger partial charge in [0.05, 0.1) is 0 Å². The number of rotatable bonds is 7. The highest BCUT2D eigenvalue weighted by molar-refractivity contribution is 5.87. The van der Waals surface area contributed by atoms with Crippen LogP contribution in [0.25, 0.3) is 0 Å². The van der Waals surface area contributed by atoms with Gasteiger partial charge in [-0.3, -0.25) is 9.59 Å². The first kappa shape index (κ1) is 14.7. The van der Waals surface area contributed by atoms with E-state index in [1.165, 1.54) is 6.42 Å². The number of unbranched alkanes of at least 4 members (excludes halogenated alkanes) is 1. The summed E-state index contributed by atoms with van der Waals surface area (Å²) in [5, 5.41) is 2.80. The summed E-state index contributed by atoms with van der Waals surface area (Å²) in [6.45, 7) is 3.63. The predicted octanol–water partition coefficient (Wildman–Crippen LogP) is 1.89. The molecule has 1 saturated carbocycles. The van der Waals surface area contributed by atoms with E-state index in [1.54, 1.807) is 6.08 Å². The van der Waals surface area contributed by atoms with Crippen molar-refractivity contribution in [2.45, 2.75) is 57.4 Å². The number of carbonyl (C=O) groups is 2. The van der Waals surface area contributed by atoms with Gasteiger partial charge in [0, 0.05) is 5.92 Å². The highest BCUT2D eigenvalue weighted by atomic mass is 16.2. The van der Waals surface area contributed by atoms with Crippen molar-refractivity contribution in [2.24, 2.45) is 11.7 Å². The second kappa shape index (κ2) is 7.90. The molecule has 4 heteroatoms. The average Bonchev–Trinajstić information content (AvgIpc) is 2.38. The van der Waals surface area contributed by atoms with Gasteiger partial charge in [-0.1, -0.05) is 25.3 Å². The maximum atomic E-state index is 12.0. The van der Waals surface area contributed by atoms with Crippen LogP contribution in [0.1, 0.15) is 51.4 Å². The molecule has 0 aromatic carbocycles. The highest BCUT2D eigenvalue weighted by Crippen LogP contribution is 2.23. The molecule has 0 aliphatic heterocycles. The first-order chi connectivity index (χ1) is 8.65. The van der Waals surface area contributed by atoms with Gasteiger partial charge < -0.3 is 11.1 Å². The normalized spacial score (nSPS) is 18.0. The summed E-state index contributed by atoms with van der Waals surface area (Å²) in [5.41, 5.74) is 5.32. The molecule has 2 amide bonds. The lowest BCUT2D eigenvalue weighted by molar-refractivity contribution is -0.130. The Morgan fingerprint density at radius 1 is 1.33 bits per heavy atom. The monoisotopic (exact) mass is 252 g/mol. The second-order valence-corrected chi connectivity index (χ2v) is 5.02. The van der Waals surface area contributed by atoms with Crippen molar-refractivity contribution in [3.8, 4) is 0 Å². The molecule has 1 rings (SSSR count). The van der Waals surface area contributed by atoms with E-state index in [0.29, 0.717) is 6.42 Å². The Kier molecular flexibility index (Phi) is 6.47. The van der Waals surface area contributed by atoms with Crippen molar-refractivity contribution >= 4 is 11.8 Å². The Morgan fingerprint density at radius 2 is 2.00 bits per heavy atom. The Hall–Kier alpha value is -1.32. The third-order valence-electron chi connectivity index (χ3n) is 3.54. The zero-order valence-electron chi connectivity index (χ0n) is 11.0. The van der Waals surface area contributed by atoms with E-state index in [-0.39, 0.29) is 11.8 Å². The van der Waals surface area contributed by atoms with E-state index in [1.807, 2.05) is 0 Å². The Bertz CT molecular complexity index is 296. The van der Waals surface area contributed by atoms with Gasteiger partial charge in [-0.25, -0.2) is 0 Å². The number of amides is 2. The number of nitrogens with two attached hydrogens (primary N) is 1. The summed E-state index contributed by atoms with van der Waals surface area (Å²) in [4.78, 5) is 23.3. The van der Waals surface area contributed by atoms with Crippen molar-refractivity contribution < 1.29 is 9.59 Å². The first-order valence-electron chi connectivity index (χ1n) is 6.85. The molecule has 18 heavy (non-hydrogen) atoms. The summed E-state index contributed by atoms with van der Waals surface area (Å²) in [7, 11) is 0. The van der Waals surface area contributed by atoms with Crippen molar-refractivity contribution in [3.63, 3.8) is 0 Å². The van der Waals surface area contributed by atoms with E-state index in [2.05, 4.69) is 11.9 Å². The van der Waals surface area contributed by atoms with Crippen molar-refractivity contribution in [1.82, 2.24) is 5.32 Å². The van der Waals surface area contributed by atoms with E-state index in [0.717, 1.165) is 38.5 Å². The van der Waals surface area contributed by atoms with Gasteiger partial charge in [0.1, 0.15) is 6.04 Å². The highest BCUT2D eigenvalue weighted by Gasteiger charge is 2.25. The van der Waals surface area contributed by atoms with E-state index in [9.17, 15) is 9.59 Å². The van der Waals surface area contributed by atoms with Gasteiger partial charge in [-0.15, -0.1) is 6.58 Å². The molecule has 102 valence electrons. The zero-order chi connectivity index (χ0) is 13.4. The standard InChI is InChI=1S/C14H24N2O2/c1-2-3-5-10-12(13(15)17)16-14(18)11-8-6-4-7-9-11/h2,11-12H,1,3-10H2,(H2,15,17)(H,16,18)/t12-/m0/s1. The van der Waals surface area contributed by atoms with E-state index in [4.69, 9.17) is 5.73 Å². The molecule has 0 unspecified atom stereocenters. The van der Waals surface area contributed by atoms with Crippen LogP contribution in [0.3, 0.4) is 0 Å². The minimum absolute atomic E-state index is 0.00268. The molecule has 1 aliphatic carbocycles. The molecule has 0 radical (unpaired) electrons. The lowest BCUT2D eigenvalue weighted by Crippen LogP contribution is -2.46. The number of allylic oxidation sites excluding steroid dienone is 1. The van der Waals surface area contributed by atoms with Gasteiger partial charge in [-0.05, 0) is 32.1 Å². The van der Waals surface area contributed by atoms with Crippen LogP contribution < -0.4 is 11.1 Å². The Morgan fingerprint density at radius 3 is 2.56 bits per heavy atom. The van der Waals surface area contributed by atoms with Gasteiger partial charge in [0.15, 0.2) is 0 Å². The summed E-state index contributed by atoms with van der Waals surface area (Å²) in [6, 6.07) is -0.528. The molecule has 0 bridgehead atoms. The number of hydrogen-bond donors (Lipinski definition) is 2. The molecule has 1 aliphatic rings. The summed E-state index contributed by atoms with van der Waals surface area (Å²) >= 11 is 0. The van der Waals surface area contributed by atoms with Gasteiger partial charge in [-0.2, -0.15) is 0 Å². The number of primary amides is 1. The number of carbonyl (C=O) groups excluding carboxylic acids is 2. The fourth-order valence-corrected chi connectivity index (χ4v) is 2.41. The van der Waals surface area contributed by atoms with Gasteiger partial charge >= 0.3 is 0 Å². The molecule has 0 spiro atoms. The van der Waals surface area contributed by atoms with Crippen LogP contribution in [-0.4, -0.2) is 17.9 Å². The van der Waals surface area contributed by atoms with Gasteiger partial charge in [0.2, 0.25) is 11.8 Å². The van der Waals surface area contributed by atoms with Crippen LogP contribution in [-0.2, 0) is 9.59 Å². The fourth-order valence-electron chi connectivity index (χ4n) is 2.41. The molecule has 1 fully saturated rings. The number of hydrogen-bond acceptors (Lipinski definition) is 2. The maximum absolute atomic E-state index is 12.0. The summed E-state index contributed by atoms with van der Waals surface area (Å²) in [5.74, 6) is -0.375. The van der Waals surface area contributed by atoms with Crippen LogP contribution in [0.2, 0.25) is 0 Å². The molecule has 1 atom stereocenters. The third kappa shape index (κ3) is 4.90. The van der Waals surface area contributed by atoms with E-state index >= 15 is 0 Å². The van der Waals surface area contributed by atoms with Crippen LogP contribution >= 0.6 is 0 Å². The average molecular weight is 252 g/mol. The smallest absolute Gasteiger partial charge is 0.239 e. The summed E-state index contributed by atoms with van der Waals surface area (Å²) in [6.07, 6.45) is 9.36. The molecular formula is C14H24N2O2. The molecule has 0 aromatic rings. The first-order valence-corrected chi connectivity index (χ1v) is 6.85. The van der Waals surface area contributed by atoms with Gasteiger partial charge in [0.25, 0.3) is 0 Å². The molecule has 0 saturated heterocycles. The molecule has 4 nitrogen and oxygen atoms in total. The van der Waals surface area contributed by atoms with Crippen LogP contribution in [0.5, 0.6) is 0 Å². The fraction of sp³-hybridized carbons (Fsp3) is 0.714. The van der Waals surface area contributed by atoms with Crippen LogP contribution in [0, 0.1) is 5.92 Å². The molecule has 3 N–H and O–H groups in total. The maximum Gasteiger partial charge on any atom is 0.239 e. The summed E-state index contributed by atoms with van der Waals surface area (Å²) < 4.78 is 0. The van der Waals surface area contributed by atoms with Crippen LogP contribution in [0.15, 0.2) is 12.7 Å². The van der Waals surface area contributed by atoms with Crippen molar-refractivity contribution in [1.29, 1.82) is 0 Å². The Labute approximate surface area is 109 Å². The Balaban J connectivity index is 2.41. The quantitative estimate of drug-likeness (QED) is 0.536. The zero-order valence-corrected chi connectivity index (χ0v) is 11.0. The van der Waals surface area contributed by atoms with Crippen molar-refractivity contribution in [3.05, 3.63) is 12.7 Å². The predicted molar refractivity (Wildman–Crippen MR) is 71.7 cm³/mol. The van der Waals surface area contributed by atoms with E-state index < -0.39 is 11.9 Å². The van der Waals surface area contributed by atoms with Crippen molar-refractivity contribution in [2.75, 3.05) is 0 Å². The largest absolute Gasteiger partial charge is 0.368 e. The SMILES string of the molecule is C=CCCC[C@H](NC(=O)C1CCCCC1)C(N)=O. The lowest BCUT2D eigenvalue weighted by atomic mass is 9.88. The number of nitrogens with one attached hydrogen (secondary N) is 1. The lowest BCUT2D eigenvalue weighted by Gasteiger charge is -2.23. The third-order valence-corrected chi connectivity index (χ3v) is 3.54. The molecule has 0 heterocycles. The minimum atomic E-state index is -0.528. The van der Waals surface area contributed by atoms with Crippen LogP contribution in [0.4, 0.5) is 0 Å².